The number of hydrogen-bond acceptors (Lipinski definition) is 0. The summed E-state index contributed by atoms with van der Waals surface area (Å²) in [6, 6.07) is 0. The Labute approximate surface area is 321 Å². The molecular weight excluding hydrogens is 1050 g/mol. The van der Waals surface area contributed by atoms with E-state index in [0.29, 0.717) is 0 Å². The summed E-state index contributed by atoms with van der Waals surface area (Å²) in [6.07, 6.45) is 0. The van der Waals surface area contributed by atoms with E-state index in [0.717, 1.165) is 12.4 Å². The summed E-state index contributed by atoms with van der Waals surface area (Å²) in [5.41, 5.74) is 0. The first-order valence-electron chi connectivity index (χ1n) is 15.3. The molecule has 0 aromatic rings. The van der Waals surface area contributed by atoms with E-state index in [9.17, 15) is 0 Å². The fourth-order valence-corrected chi connectivity index (χ4v) is 46.8. The maximum atomic E-state index is 2.49. The van der Waals surface area contributed by atoms with Crippen molar-refractivity contribution >= 4 is 157 Å². The van der Waals surface area contributed by atoms with E-state index in [2.05, 4.69) is 249 Å². The van der Waals surface area contributed by atoms with Crippen molar-refractivity contribution in [3.05, 3.63) is 0 Å². The molecule has 12 heteroatoms. The van der Waals surface area contributed by atoms with Crippen LogP contribution in [0.4, 0.5) is 0 Å². The molecule has 0 rings (SSSR count). The van der Waals surface area contributed by atoms with Crippen LogP contribution in [0.2, 0.25) is 170 Å². The van der Waals surface area contributed by atoms with Crippen LogP contribution in [-0.2, 0) is 0 Å². The van der Waals surface area contributed by atoms with Gasteiger partial charge in [-0.15, -0.1) is 0 Å². The molecule has 0 aromatic heterocycles. The van der Waals surface area contributed by atoms with Gasteiger partial charge in [0.15, 0.2) is 0 Å². The molecule has 0 amide bonds. The minimum absolute atomic E-state index is 0.812. The van der Waals surface area contributed by atoms with Gasteiger partial charge in [0.05, 0.1) is 0 Å². The zero-order valence-electron chi connectivity index (χ0n) is 32.1. The molecule has 0 nitrogen and oxygen atoms in total. The molecule has 0 saturated carbocycles. The molecule has 8 radical (unpaired) electrons. The summed E-state index contributed by atoms with van der Waals surface area (Å²) in [7, 11) is -6.50. The van der Waals surface area contributed by atoms with Crippen LogP contribution in [0.15, 0.2) is 0 Å². The first-order chi connectivity index (χ1) is 16.6. The van der Waals surface area contributed by atoms with E-state index in [-0.39, 0.29) is 0 Å². The summed E-state index contributed by atoms with van der Waals surface area (Å²) in [4.78, 5) is 0. The average Bonchev–Trinajstić information content (AvgIpc) is 2.61. The summed E-state index contributed by atoms with van der Waals surface area (Å²) in [5, 5.41) is 0. The molecule has 0 saturated heterocycles. The van der Waals surface area contributed by atoms with Gasteiger partial charge in [0.2, 0.25) is 0 Å². The molecule has 0 bridgehead atoms. The first kappa shape index (κ1) is 51.8. The third-order valence-corrected chi connectivity index (χ3v) is 93.5. The van der Waals surface area contributed by atoms with Gasteiger partial charge >= 0.3 is 326 Å². The van der Waals surface area contributed by atoms with Crippen molar-refractivity contribution in [2.75, 3.05) is 0 Å². The quantitative estimate of drug-likeness (QED) is 0.213. The Morgan fingerprint density at radius 2 is 0.250 bits per heavy atom. The zero-order valence-corrected chi connectivity index (χ0v) is 50.3. The molecule has 0 aliphatic heterocycles. The Kier molecular flexibility index (Phi) is 25.0. The van der Waals surface area contributed by atoms with Crippen LogP contribution < -0.4 is 0 Å². The van der Waals surface area contributed by atoms with E-state index >= 15 is 0 Å². The van der Waals surface area contributed by atoms with Crippen LogP contribution in [0.1, 0.15) is 0 Å². The van der Waals surface area contributed by atoms with Crippen molar-refractivity contribution in [2.45, 2.75) is 170 Å². The molecule has 0 aromatic carbocycles. The van der Waals surface area contributed by atoms with Crippen LogP contribution >= 0.6 is 0 Å². The maximum absolute atomic E-state index is 2.49. The van der Waals surface area contributed by atoms with Gasteiger partial charge in [-0.1, -0.05) is 0 Å². The van der Waals surface area contributed by atoms with Crippen LogP contribution in [-0.4, -0.2) is 157 Å². The van der Waals surface area contributed by atoms with Crippen molar-refractivity contribution in [2.24, 2.45) is 0 Å². The van der Waals surface area contributed by atoms with Gasteiger partial charge in [-0.3, -0.25) is 0 Å². The second-order valence-corrected chi connectivity index (χ2v) is 82.8. The van der Waals surface area contributed by atoms with Crippen LogP contribution in [0.25, 0.3) is 0 Å². The van der Waals surface area contributed by atoms with Crippen LogP contribution in [0, 0.1) is 0 Å². The Hall–Kier alpha value is 5.01. The SMILES string of the molecule is C[Si](C)(C)[CH]([Sb])[Si](C)(C)C.C[Si](C)(C)[CH]([Sb])[Si](C)(C)C.C[Si](C)(C)[CH]([Sb])[Si](C)(C)C.C[Si](C)(C)[CH]([Sb])[Si](C)(C)C. The van der Waals surface area contributed by atoms with Gasteiger partial charge in [-0.25, -0.2) is 0 Å². The molecule has 40 heavy (non-hydrogen) atoms. The average molecular weight is 1120 g/mol. The molecule has 0 spiro atoms. The second kappa shape index (κ2) is 19.3. The third-order valence-electron chi connectivity index (χ3n) is 6.56. The third kappa shape index (κ3) is 27.0. The number of hydrogen-bond donors (Lipinski definition) is 0. The normalized spacial score (nSPS) is 14.4. The molecule has 0 heterocycles. The van der Waals surface area contributed by atoms with Crippen molar-refractivity contribution in [1.29, 1.82) is 0 Å². The standard InChI is InChI=1S/4C7H19Si2.4Sb/c4*1-8(2,3)7-9(4,5)6;;;;/h4*7H,1-6H3;;;;. The Morgan fingerprint density at radius 1 is 0.200 bits per heavy atom. The molecule has 0 aliphatic rings. The topological polar surface area (TPSA) is 0 Å². The Morgan fingerprint density at radius 3 is 0.250 bits per heavy atom. The zero-order chi connectivity index (χ0) is 34.3. The Bertz CT molecular complexity index is 503. The van der Waals surface area contributed by atoms with Gasteiger partial charge in [0, 0.05) is 0 Å². The first-order valence-corrected chi connectivity index (χ1v) is 49.9. The van der Waals surface area contributed by atoms with Crippen molar-refractivity contribution in [3.8, 4) is 0 Å². The minimum atomic E-state index is -0.812. The van der Waals surface area contributed by atoms with Gasteiger partial charge in [0.25, 0.3) is 0 Å². The van der Waals surface area contributed by atoms with E-state index < -0.39 is 64.6 Å². The van der Waals surface area contributed by atoms with Gasteiger partial charge in [-0.05, 0) is 0 Å². The molecule has 0 aliphatic carbocycles. The Balaban J connectivity index is -0.000000216. The molecule has 240 valence electrons. The van der Waals surface area contributed by atoms with E-state index in [4.69, 9.17) is 0 Å². The fraction of sp³-hybridized carbons (Fsp3) is 1.00. The summed E-state index contributed by atoms with van der Waals surface area (Å²) < 4.78 is 4.37. The molecule has 0 unspecified atom stereocenters. The van der Waals surface area contributed by atoms with Crippen molar-refractivity contribution in [3.63, 3.8) is 0 Å². The van der Waals surface area contributed by atoms with Crippen LogP contribution in [0.5, 0.6) is 0 Å². The molecule has 0 fully saturated rings. The summed E-state index contributed by atoms with van der Waals surface area (Å²) >= 11 is 8.35. The summed E-state index contributed by atoms with van der Waals surface area (Å²) in [5.74, 6) is 0. The van der Waals surface area contributed by atoms with E-state index in [1.807, 2.05) is 0 Å². The summed E-state index contributed by atoms with van der Waals surface area (Å²) in [6.45, 7) is 59.9. The predicted molar refractivity (Wildman–Crippen MR) is 225 cm³/mol. The van der Waals surface area contributed by atoms with E-state index in [1.165, 1.54) is 0 Å². The van der Waals surface area contributed by atoms with Crippen molar-refractivity contribution < 1.29 is 0 Å². The fourth-order valence-electron chi connectivity index (χ4n) is 5.20. The monoisotopic (exact) mass is 1120 g/mol. The molecule has 0 atom stereocenters. The number of rotatable bonds is 8. The van der Waals surface area contributed by atoms with Gasteiger partial charge in [-0.2, -0.15) is 0 Å². The van der Waals surface area contributed by atoms with Crippen LogP contribution in [0.3, 0.4) is 0 Å². The van der Waals surface area contributed by atoms with Crippen molar-refractivity contribution in [1.82, 2.24) is 0 Å². The van der Waals surface area contributed by atoms with Gasteiger partial charge in [0.1, 0.15) is 0 Å². The van der Waals surface area contributed by atoms with E-state index in [1.54, 1.807) is 0 Å². The second-order valence-electron chi connectivity index (χ2n) is 20.5. The van der Waals surface area contributed by atoms with Gasteiger partial charge < -0.3 is 0 Å². The molecule has 0 N–H and O–H groups in total. The predicted octanol–water partition coefficient (Wildman–Crippen LogP) is 10.8. The molecular formula is C28H76Sb4Si8.